The number of carboxylic acids is 1. The average molecular weight is 190 g/mol. The van der Waals surface area contributed by atoms with Gasteiger partial charge in [0.15, 0.2) is 0 Å². The van der Waals surface area contributed by atoms with Crippen LogP contribution in [0.15, 0.2) is 0 Å². The molecule has 0 bridgehead atoms. The molecule has 6 nitrogen and oxygen atoms in total. The first-order valence-corrected chi connectivity index (χ1v) is 3.79. The predicted molar refractivity (Wildman–Crippen MR) is 45.1 cm³/mol. The Morgan fingerprint density at radius 2 is 2.15 bits per heavy atom. The number of carbonyl (C=O) groups excluding carboxylic acids is 1. The first-order chi connectivity index (χ1) is 6.02. The summed E-state index contributed by atoms with van der Waals surface area (Å²) in [6.07, 6.45) is -0.790. The molecule has 2 atom stereocenters. The second kappa shape index (κ2) is 5.50. The molecule has 0 fully saturated rings. The molecular formula is C7H14N2O4. The number of aliphatic carboxylic acids is 1. The Balaban J connectivity index is 4.05. The number of hydrogen-bond donors (Lipinski definition) is 3. The van der Waals surface area contributed by atoms with Gasteiger partial charge in [0.05, 0.1) is 0 Å². The number of nitrogens with two attached hydrogens (primary N) is 1. The smallest absolute Gasteiger partial charge is 0.325 e. The topological polar surface area (TPSA) is 102 Å². The van der Waals surface area contributed by atoms with Gasteiger partial charge in [-0.05, 0) is 6.92 Å². The van der Waals surface area contributed by atoms with E-state index in [9.17, 15) is 9.59 Å². The lowest BCUT2D eigenvalue weighted by molar-refractivity contribution is -0.143. The summed E-state index contributed by atoms with van der Waals surface area (Å²) >= 11 is 0. The third kappa shape index (κ3) is 3.86. The van der Waals surface area contributed by atoms with Crippen LogP contribution >= 0.6 is 0 Å². The maximum absolute atomic E-state index is 11.1. The van der Waals surface area contributed by atoms with E-state index in [1.165, 1.54) is 14.0 Å². The molecule has 0 aliphatic carbocycles. The van der Waals surface area contributed by atoms with Crippen molar-refractivity contribution in [2.75, 3.05) is 13.7 Å². The van der Waals surface area contributed by atoms with Gasteiger partial charge in [-0.15, -0.1) is 0 Å². The van der Waals surface area contributed by atoms with Crippen molar-refractivity contribution < 1.29 is 19.4 Å². The Labute approximate surface area is 76.0 Å². The number of nitrogens with one attached hydrogen (secondary N) is 1. The molecular weight excluding hydrogens is 176 g/mol. The maximum Gasteiger partial charge on any atom is 0.325 e. The summed E-state index contributed by atoms with van der Waals surface area (Å²) in [7, 11) is 1.34. The number of hydrogen-bond acceptors (Lipinski definition) is 4. The van der Waals surface area contributed by atoms with Gasteiger partial charge in [0.2, 0.25) is 0 Å². The Morgan fingerprint density at radius 1 is 1.62 bits per heavy atom. The van der Waals surface area contributed by atoms with Crippen LogP contribution in [-0.4, -0.2) is 42.8 Å². The number of rotatable bonds is 5. The van der Waals surface area contributed by atoms with Crippen LogP contribution in [0.2, 0.25) is 0 Å². The molecule has 0 aliphatic rings. The SMILES string of the molecule is COC(CN)C(=O)N[C@@H](C)C(=O)O. The van der Waals surface area contributed by atoms with Crippen molar-refractivity contribution in [3.05, 3.63) is 0 Å². The van der Waals surface area contributed by atoms with Gasteiger partial charge in [0, 0.05) is 13.7 Å². The highest BCUT2D eigenvalue weighted by molar-refractivity contribution is 5.86. The Kier molecular flexibility index (Phi) is 5.01. The van der Waals surface area contributed by atoms with Gasteiger partial charge in [-0.3, -0.25) is 9.59 Å². The molecule has 0 aromatic rings. The van der Waals surface area contributed by atoms with Crippen LogP contribution in [0.25, 0.3) is 0 Å². The van der Waals surface area contributed by atoms with Gasteiger partial charge in [0.1, 0.15) is 12.1 Å². The van der Waals surface area contributed by atoms with E-state index in [1.807, 2.05) is 0 Å². The third-order valence-corrected chi connectivity index (χ3v) is 1.52. The molecule has 0 aromatic carbocycles. The normalized spacial score (nSPS) is 14.7. The molecule has 4 N–H and O–H groups in total. The minimum atomic E-state index is -1.10. The zero-order valence-electron chi connectivity index (χ0n) is 7.61. The lowest BCUT2D eigenvalue weighted by Gasteiger charge is -2.15. The van der Waals surface area contributed by atoms with Gasteiger partial charge in [-0.25, -0.2) is 0 Å². The molecule has 76 valence electrons. The summed E-state index contributed by atoms with van der Waals surface area (Å²) in [6.45, 7) is 1.39. The van der Waals surface area contributed by atoms with Gasteiger partial charge < -0.3 is 20.9 Å². The zero-order valence-corrected chi connectivity index (χ0v) is 7.61. The van der Waals surface area contributed by atoms with E-state index in [0.717, 1.165) is 0 Å². The van der Waals surface area contributed by atoms with Gasteiger partial charge in [-0.2, -0.15) is 0 Å². The molecule has 0 spiro atoms. The van der Waals surface area contributed by atoms with E-state index in [1.54, 1.807) is 0 Å². The molecule has 0 aliphatic heterocycles. The molecule has 0 heterocycles. The predicted octanol–water partition coefficient (Wildman–Crippen LogP) is -1.45. The molecule has 0 radical (unpaired) electrons. The fourth-order valence-corrected chi connectivity index (χ4v) is 0.678. The summed E-state index contributed by atoms with van der Waals surface area (Å²) in [6, 6.07) is -0.934. The van der Waals surface area contributed by atoms with Crippen molar-refractivity contribution in [3.8, 4) is 0 Å². The van der Waals surface area contributed by atoms with Crippen molar-refractivity contribution >= 4 is 11.9 Å². The van der Waals surface area contributed by atoms with Crippen LogP contribution in [0, 0.1) is 0 Å². The van der Waals surface area contributed by atoms with Crippen molar-refractivity contribution in [1.82, 2.24) is 5.32 Å². The minimum Gasteiger partial charge on any atom is -0.480 e. The summed E-state index contributed by atoms with van der Waals surface area (Å²) < 4.78 is 4.71. The number of carboxylic acid groups (broad SMARTS) is 1. The molecule has 0 saturated heterocycles. The minimum absolute atomic E-state index is 0.0225. The van der Waals surface area contributed by atoms with Crippen LogP contribution in [0.1, 0.15) is 6.92 Å². The van der Waals surface area contributed by atoms with Crippen LogP contribution in [0.3, 0.4) is 0 Å². The van der Waals surface area contributed by atoms with E-state index in [0.29, 0.717) is 0 Å². The Hall–Kier alpha value is -1.14. The summed E-state index contributed by atoms with van der Waals surface area (Å²) in [5.74, 6) is -1.61. The van der Waals surface area contributed by atoms with E-state index < -0.39 is 24.0 Å². The summed E-state index contributed by atoms with van der Waals surface area (Å²) in [5.41, 5.74) is 5.20. The van der Waals surface area contributed by atoms with Crippen molar-refractivity contribution in [2.45, 2.75) is 19.1 Å². The second-order valence-electron chi connectivity index (χ2n) is 2.53. The molecule has 1 unspecified atom stereocenters. The number of ether oxygens (including phenoxy) is 1. The highest BCUT2D eigenvalue weighted by atomic mass is 16.5. The van der Waals surface area contributed by atoms with Gasteiger partial charge in [0.25, 0.3) is 5.91 Å². The largest absolute Gasteiger partial charge is 0.480 e. The maximum atomic E-state index is 11.1. The molecule has 0 saturated carbocycles. The van der Waals surface area contributed by atoms with Crippen molar-refractivity contribution in [1.29, 1.82) is 0 Å². The fraction of sp³-hybridized carbons (Fsp3) is 0.714. The third-order valence-electron chi connectivity index (χ3n) is 1.52. The van der Waals surface area contributed by atoms with E-state index in [2.05, 4.69) is 5.32 Å². The lowest BCUT2D eigenvalue weighted by Crippen LogP contribution is -2.46. The van der Waals surface area contributed by atoms with E-state index in [4.69, 9.17) is 15.6 Å². The number of methoxy groups -OCH3 is 1. The summed E-state index contributed by atoms with van der Waals surface area (Å²) in [5, 5.41) is 10.7. The van der Waals surface area contributed by atoms with Gasteiger partial charge in [-0.1, -0.05) is 0 Å². The first kappa shape index (κ1) is 11.9. The average Bonchev–Trinajstić information content (AvgIpc) is 2.06. The lowest BCUT2D eigenvalue weighted by atomic mass is 10.3. The van der Waals surface area contributed by atoms with Crippen LogP contribution < -0.4 is 11.1 Å². The molecule has 0 aromatic heterocycles. The molecule has 1 amide bonds. The Bertz CT molecular complexity index is 191. The molecule has 13 heavy (non-hydrogen) atoms. The quantitative estimate of drug-likeness (QED) is 0.492. The highest BCUT2D eigenvalue weighted by Gasteiger charge is 2.20. The van der Waals surface area contributed by atoms with Crippen LogP contribution in [0.5, 0.6) is 0 Å². The molecule has 6 heteroatoms. The highest BCUT2D eigenvalue weighted by Crippen LogP contribution is 1.89. The van der Waals surface area contributed by atoms with Crippen LogP contribution in [-0.2, 0) is 14.3 Å². The summed E-state index contributed by atoms with van der Waals surface area (Å²) in [4.78, 5) is 21.5. The number of amides is 1. The first-order valence-electron chi connectivity index (χ1n) is 3.79. The molecule has 0 rings (SSSR count). The zero-order chi connectivity index (χ0) is 10.4. The standard InChI is InChI=1S/C7H14N2O4/c1-4(7(11)12)9-6(10)5(3-8)13-2/h4-5H,3,8H2,1-2H3,(H,9,10)(H,11,12)/t4-,5?/m0/s1. The fourth-order valence-electron chi connectivity index (χ4n) is 0.678. The monoisotopic (exact) mass is 190 g/mol. The van der Waals surface area contributed by atoms with Crippen LogP contribution in [0.4, 0.5) is 0 Å². The van der Waals surface area contributed by atoms with Gasteiger partial charge >= 0.3 is 5.97 Å². The van der Waals surface area contributed by atoms with E-state index >= 15 is 0 Å². The van der Waals surface area contributed by atoms with Crippen molar-refractivity contribution in [2.24, 2.45) is 5.73 Å². The van der Waals surface area contributed by atoms with E-state index in [-0.39, 0.29) is 6.54 Å². The second-order valence-corrected chi connectivity index (χ2v) is 2.53. The number of carbonyl (C=O) groups is 2. The Morgan fingerprint density at radius 3 is 2.46 bits per heavy atom. The van der Waals surface area contributed by atoms with Crippen molar-refractivity contribution in [3.63, 3.8) is 0 Å².